The summed E-state index contributed by atoms with van der Waals surface area (Å²) in [6.07, 6.45) is 3.19. The molecule has 3 aromatic rings. The third-order valence-corrected chi connectivity index (χ3v) is 4.65. The Morgan fingerprint density at radius 1 is 0.966 bits per heavy atom. The molecule has 0 aliphatic carbocycles. The van der Waals surface area contributed by atoms with E-state index in [0.29, 0.717) is 11.3 Å². The van der Waals surface area contributed by atoms with Gasteiger partial charge in [0.1, 0.15) is 5.69 Å². The van der Waals surface area contributed by atoms with Crippen molar-refractivity contribution in [2.45, 2.75) is 33.6 Å². The van der Waals surface area contributed by atoms with Crippen LogP contribution in [0, 0.1) is 0 Å². The first kappa shape index (κ1) is 20.2. The largest absolute Gasteiger partial charge is 0.324 e. The van der Waals surface area contributed by atoms with E-state index < -0.39 is 0 Å². The maximum absolute atomic E-state index is 12.8. The van der Waals surface area contributed by atoms with Gasteiger partial charge in [0.15, 0.2) is 5.78 Å². The number of carbonyl (C=O) groups is 2. The SMILES string of the molecule is CCc1cccc(CC)c1NC(=O)c1ccnc(Nc2cccc(C(C)=O)c2)n1. The van der Waals surface area contributed by atoms with Crippen LogP contribution < -0.4 is 10.6 Å². The van der Waals surface area contributed by atoms with E-state index in [1.807, 2.05) is 24.3 Å². The molecule has 0 saturated heterocycles. The first-order chi connectivity index (χ1) is 14.0. The van der Waals surface area contributed by atoms with Crippen molar-refractivity contribution >= 4 is 29.0 Å². The molecule has 0 aliphatic rings. The van der Waals surface area contributed by atoms with Crippen LogP contribution in [0.3, 0.4) is 0 Å². The highest BCUT2D eigenvalue weighted by atomic mass is 16.2. The van der Waals surface area contributed by atoms with Gasteiger partial charge in [-0.25, -0.2) is 9.97 Å². The van der Waals surface area contributed by atoms with Crippen LogP contribution in [0.1, 0.15) is 52.7 Å². The molecule has 148 valence electrons. The predicted molar refractivity (Wildman–Crippen MR) is 115 cm³/mol. The van der Waals surface area contributed by atoms with Crippen LogP contribution >= 0.6 is 0 Å². The van der Waals surface area contributed by atoms with Crippen molar-refractivity contribution < 1.29 is 9.59 Å². The fourth-order valence-electron chi connectivity index (χ4n) is 3.07. The van der Waals surface area contributed by atoms with E-state index in [1.165, 1.54) is 13.1 Å². The number of anilines is 3. The summed E-state index contributed by atoms with van der Waals surface area (Å²) in [5.41, 5.74) is 4.56. The predicted octanol–water partition coefficient (Wildman–Crippen LogP) is 4.80. The molecule has 29 heavy (non-hydrogen) atoms. The van der Waals surface area contributed by atoms with Gasteiger partial charge in [0, 0.05) is 23.1 Å². The Kier molecular flexibility index (Phi) is 6.34. The third kappa shape index (κ3) is 4.85. The quantitative estimate of drug-likeness (QED) is 0.568. The monoisotopic (exact) mass is 388 g/mol. The van der Waals surface area contributed by atoms with Crippen LogP contribution in [0.4, 0.5) is 17.3 Å². The van der Waals surface area contributed by atoms with Crippen molar-refractivity contribution in [2.75, 3.05) is 10.6 Å². The number of para-hydroxylation sites is 1. The van der Waals surface area contributed by atoms with E-state index in [2.05, 4.69) is 34.4 Å². The molecule has 2 aromatic carbocycles. The minimum atomic E-state index is -0.288. The minimum absolute atomic E-state index is 0.0241. The lowest BCUT2D eigenvalue weighted by molar-refractivity contribution is 0.101. The van der Waals surface area contributed by atoms with Crippen molar-refractivity contribution in [3.63, 3.8) is 0 Å². The molecule has 1 aromatic heterocycles. The van der Waals surface area contributed by atoms with Crippen LogP contribution in [0.5, 0.6) is 0 Å². The number of aromatic nitrogens is 2. The average Bonchev–Trinajstić information content (AvgIpc) is 2.74. The van der Waals surface area contributed by atoms with Gasteiger partial charge in [-0.15, -0.1) is 0 Å². The smallest absolute Gasteiger partial charge is 0.274 e. The molecule has 0 bridgehead atoms. The highest BCUT2D eigenvalue weighted by molar-refractivity contribution is 6.04. The van der Waals surface area contributed by atoms with E-state index in [4.69, 9.17) is 0 Å². The molecule has 0 spiro atoms. The zero-order valence-electron chi connectivity index (χ0n) is 16.8. The van der Waals surface area contributed by atoms with Gasteiger partial charge in [-0.1, -0.05) is 44.2 Å². The number of carbonyl (C=O) groups excluding carboxylic acids is 2. The van der Waals surface area contributed by atoms with E-state index in [1.54, 1.807) is 24.3 Å². The number of ketones is 1. The van der Waals surface area contributed by atoms with Crippen LogP contribution in [-0.4, -0.2) is 21.7 Å². The molecule has 1 amide bonds. The van der Waals surface area contributed by atoms with Gasteiger partial charge in [-0.3, -0.25) is 9.59 Å². The van der Waals surface area contributed by atoms with Crippen LogP contribution in [0.25, 0.3) is 0 Å². The molecule has 0 saturated carbocycles. The zero-order valence-corrected chi connectivity index (χ0v) is 16.8. The topological polar surface area (TPSA) is 84.0 Å². The molecule has 6 nitrogen and oxygen atoms in total. The average molecular weight is 388 g/mol. The molecule has 0 unspecified atom stereocenters. The second kappa shape index (κ2) is 9.10. The summed E-state index contributed by atoms with van der Waals surface area (Å²) in [6.45, 7) is 5.64. The Bertz CT molecular complexity index is 1020. The van der Waals surface area contributed by atoms with Gasteiger partial charge in [0.2, 0.25) is 5.95 Å². The zero-order chi connectivity index (χ0) is 20.8. The second-order valence-electron chi connectivity index (χ2n) is 6.64. The molecule has 1 heterocycles. The molecule has 6 heteroatoms. The first-order valence-corrected chi connectivity index (χ1v) is 9.65. The van der Waals surface area contributed by atoms with Crippen LogP contribution in [0.15, 0.2) is 54.7 Å². The second-order valence-corrected chi connectivity index (χ2v) is 6.64. The lowest BCUT2D eigenvalue weighted by Crippen LogP contribution is -2.17. The van der Waals surface area contributed by atoms with Gasteiger partial charge >= 0.3 is 0 Å². The van der Waals surface area contributed by atoms with Crippen LogP contribution in [-0.2, 0) is 12.8 Å². The van der Waals surface area contributed by atoms with Crippen LogP contribution in [0.2, 0.25) is 0 Å². The van der Waals surface area contributed by atoms with Crippen molar-refractivity contribution in [3.05, 3.63) is 77.1 Å². The van der Waals surface area contributed by atoms with E-state index in [-0.39, 0.29) is 23.3 Å². The summed E-state index contributed by atoms with van der Waals surface area (Å²) in [5.74, 6) is -0.0228. The number of hydrogen-bond donors (Lipinski definition) is 2. The molecule has 0 atom stereocenters. The molecule has 0 radical (unpaired) electrons. The van der Waals surface area contributed by atoms with Gasteiger partial charge in [-0.2, -0.15) is 0 Å². The normalized spacial score (nSPS) is 10.4. The summed E-state index contributed by atoms with van der Waals surface area (Å²) in [4.78, 5) is 32.9. The van der Waals surface area contributed by atoms with E-state index in [0.717, 1.165) is 29.7 Å². The summed E-state index contributed by atoms with van der Waals surface area (Å²) in [6, 6.07) is 14.7. The molecule has 0 aliphatic heterocycles. The first-order valence-electron chi connectivity index (χ1n) is 9.65. The Morgan fingerprint density at radius 3 is 2.31 bits per heavy atom. The maximum Gasteiger partial charge on any atom is 0.274 e. The molecular weight excluding hydrogens is 364 g/mol. The fraction of sp³-hybridized carbons (Fsp3) is 0.217. The Hall–Kier alpha value is -3.54. The van der Waals surface area contributed by atoms with Crippen molar-refractivity contribution in [3.8, 4) is 0 Å². The highest BCUT2D eigenvalue weighted by Gasteiger charge is 2.14. The molecule has 0 fully saturated rings. The Morgan fingerprint density at radius 2 is 1.66 bits per heavy atom. The summed E-state index contributed by atoms with van der Waals surface area (Å²) in [5, 5.41) is 6.06. The number of amides is 1. The van der Waals surface area contributed by atoms with Gasteiger partial charge in [-0.05, 0) is 49.1 Å². The number of aryl methyl sites for hydroxylation is 2. The fourth-order valence-corrected chi connectivity index (χ4v) is 3.07. The Balaban J connectivity index is 1.82. The highest BCUT2D eigenvalue weighted by Crippen LogP contribution is 2.23. The number of benzene rings is 2. The van der Waals surface area contributed by atoms with Crippen molar-refractivity contribution in [1.82, 2.24) is 9.97 Å². The third-order valence-electron chi connectivity index (χ3n) is 4.65. The lowest BCUT2D eigenvalue weighted by Gasteiger charge is -2.14. The van der Waals surface area contributed by atoms with E-state index >= 15 is 0 Å². The van der Waals surface area contributed by atoms with Gasteiger partial charge in [0.25, 0.3) is 5.91 Å². The Labute approximate surface area is 170 Å². The van der Waals surface area contributed by atoms with Gasteiger partial charge < -0.3 is 10.6 Å². The summed E-state index contributed by atoms with van der Waals surface area (Å²) in [7, 11) is 0. The summed E-state index contributed by atoms with van der Waals surface area (Å²) < 4.78 is 0. The standard InChI is InChI=1S/C23H24N4O2/c1-4-16-8-6-9-17(5-2)21(16)27-22(29)20-12-13-24-23(26-20)25-19-11-7-10-18(14-19)15(3)28/h6-14H,4-5H2,1-3H3,(H,27,29)(H,24,25,26). The molecule has 2 N–H and O–H groups in total. The van der Waals surface area contributed by atoms with E-state index in [9.17, 15) is 9.59 Å². The lowest BCUT2D eigenvalue weighted by atomic mass is 10.0. The number of hydrogen-bond acceptors (Lipinski definition) is 5. The number of rotatable bonds is 7. The van der Waals surface area contributed by atoms with Crippen molar-refractivity contribution in [1.29, 1.82) is 0 Å². The summed E-state index contributed by atoms with van der Waals surface area (Å²) >= 11 is 0. The number of nitrogens with zero attached hydrogens (tertiary/aromatic N) is 2. The minimum Gasteiger partial charge on any atom is -0.324 e. The van der Waals surface area contributed by atoms with Gasteiger partial charge in [0.05, 0.1) is 0 Å². The van der Waals surface area contributed by atoms with Crippen molar-refractivity contribution in [2.24, 2.45) is 0 Å². The molecule has 3 rings (SSSR count). The number of nitrogens with one attached hydrogen (secondary N) is 2. The number of Topliss-reactive ketones (excluding diaryl/α,β-unsaturated/α-hetero) is 1. The maximum atomic E-state index is 12.8. The molecular formula is C23H24N4O2.